The van der Waals surface area contributed by atoms with Crippen LogP contribution in [0.25, 0.3) is 0 Å². The van der Waals surface area contributed by atoms with Crippen LogP contribution in [0, 0.1) is 11.8 Å². The second-order valence-electron chi connectivity index (χ2n) is 3.81. The standard InChI is InChI=1S/C15H19NO3/c1-2-19-11-9-16-15(18)14-8-5-7-13(12-14)6-3-4-10-17/h5,7-8,12,17H,2,4,9-11H2,1H3,(H,16,18). The molecule has 1 rings (SSSR count). The van der Waals surface area contributed by atoms with Crippen molar-refractivity contribution in [3.63, 3.8) is 0 Å². The van der Waals surface area contributed by atoms with Crippen molar-refractivity contribution in [1.29, 1.82) is 0 Å². The molecule has 0 atom stereocenters. The SMILES string of the molecule is CCOCCNC(=O)c1cccc(C#CCCO)c1. The largest absolute Gasteiger partial charge is 0.395 e. The van der Waals surface area contributed by atoms with Gasteiger partial charge in [-0.1, -0.05) is 17.9 Å². The lowest BCUT2D eigenvalue weighted by Gasteiger charge is -2.05. The number of carbonyl (C=O) groups is 1. The molecule has 4 heteroatoms. The zero-order valence-electron chi connectivity index (χ0n) is 11.1. The zero-order chi connectivity index (χ0) is 13.9. The number of ether oxygens (including phenoxy) is 1. The second-order valence-corrected chi connectivity index (χ2v) is 3.81. The number of aliphatic hydroxyl groups excluding tert-OH is 1. The molecule has 0 spiro atoms. The van der Waals surface area contributed by atoms with Crippen LogP contribution in [-0.4, -0.2) is 37.4 Å². The predicted octanol–water partition coefficient (Wildman–Crippen LogP) is 1.19. The first kappa shape index (κ1) is 15.2. The average molecular weight is 261 g/mol. The van der Waals surface area contributed by atoms with E-state index in [9.17, 15) is 4.79 Å². The third-order valence-electron chi connectivity index (χ3n) is 2.33. The summed E-state index contributed by atoms with van der Waals surface area (Å²) in [4.78, 5) is 11.8. The Bertz CT molecular complexity index is 460. The molecule has 4 nitrogen and oxygen atoms in total. The van der Waals surface area contributed by atoms with Crippen LogP contribution in [0.3, 0.4) is 0 Å². The second kappa shape index (κ2) is 9.15. The van der Waals surface area contributed by atoms with E-state index in [1.54, 1.807) is 18.2 Å². The van der Waals surface area contributed by atoms with Gasteiger partial charge in [0.25, 0.3) is 5.91 Å². The van der Waals surface area contributed by atoms with E-state index in [-0.39, 0.29) is 12.5 Å². The maximum absolute atomic E-state index is 11.8. The Hall–Kier alpha value is -1.83. The first-order valence-electron chi connectivity index (χ1n) is 6.33. The Morgan fingerprint density at radius 2 is 2.32 bits per heavy atom. The fraction of sp³-hybridized carbons (Fsp3) is 0.400. The fourth-order valence-corrected chi connectivity index (χ4v) is 1.44. The highest BCUT2D eigenvalue weighted by Gasteiger charge is 2.04. The van der Waals surface area contributed by atoms with Gasteiger partial charge in [-0.15, -0.1) is 0 Å². The van der Waals surface area contributed by atoms with Crippen molar-refractivity contribution in [2.45, 2.75) is 13.3 Å². The first-order valence-corrected chi connectivity index (χ1v) is 6.33. The minimum Gasteiger partial charge on any atom is -0.395 e. The summed E-state index contributed by atoms with van der Waals surface area (Å²) in [6.07, 6.45) is 0.435. The Kier molecular flexibility index (Phi) is 7.33. The van der Waals surface area contributed by atoms with Gasteiger partial charge in [-0.05, 0) is 25.1 Å². The molecule has 1 amide bonds. The Morgan fingerprint density at radius 1 is 1.47 bits per heavy atom. The van der Waals surface area contributed by atoms with Gasteiger partial charge >= 0.3 is 0 Å². The molecule has 1 aromatic carbocycles. The lowest BCUT2D eigenvalue weighted by molar-refractivity contribution is 0.0922. The number of rotatable bonds is 6. The maximum atomic E-state index is 11.8. The summed E-state index contributed by atoms with van der Waals surface area (Å²) in [6, 6.07) is 7.11. The molecule has 0 fully saturated rings. The number of hydrogen-bond acceptors (Lipinski definition) is 3. The van der Waals surface area contributed by atoms with Gasteiger partial charge < -0.3 is 15.2 Å². The molecule has 0 aromatic heterocycles. The molecule has 0 unspecified atom stereocenters. The molecule has 2 N–H and O–H groups in total. The van der Waals surface area contributed by atoms with Crippen LogP contribution in [-0.2, 0) is 4.74 Å². The molecule has 0 radical (unpaired) electrons. The highest BCUT2D eigenvalue weighted by molar-refractivity contribution is 5.94. The molecule has 0 saturated heterocycles. The number of amides is 1. The summed E-state index contributed by atoms with van der Waals surface area (Å²) in [5, 5.41) is 11.4. The normalized spacial score (nSPS) is 9.58. The van der Waals surface area contributed by atoms with E-state index in [2.05, 4.69) is 17.2 Å². The quantitative estimate of drug-likeness (QED) is 0.597. The molecule has 19 heavy (non-hydrogen) atoms. The van der Waals surface area contributed by atoms with Crippen molar-refractivity contribution in [2.24, 2.45) is 0 Å². The number of aliphatic hydroxyl groups is 1. The molecular weight excluding hydrogens is 242 g/mol. The molecule has 0 saturated carbocycles. The predicted molar refractivity (Wildman–Crippen MR) is 73.8 cm³/mol. The van der Waals surface area contributed by atoms with Gasteiger partial charge in [0.05, 0.1) is 13.2 Å². The van der Waals surface area contributed by atoms with Crippen molar-refractivity contribution in [3.05, 3.63) is 35.4 Å². The van der Waals surface area contributed by atoms with Gasteiger partial charge in [0, 0.05) is 30.7 Å². The highest BCUT2D eigenvalue weighted by Crippen LogP contribution is 2.04. The van der Waals surface area contributed by atoms with Crippen molar-refractivity contribution in [3.8, 4) is 11.8 Å². The van der Waals surface area contributed by atoms with Crippen LogP contribution in [0.1, 0.15) is 29.3 Å². The van der Waals surface area contributed by atoms with Crippen LogP contribution in [0.15, 0.2) is 24.3 Å². The maximum Gasteiger partial charge on any atom is 0.251 e. The Labute approximate surface area is 113 Å². The zero-order valence-corrected chi connectivity index (χ0v) is 11.1. The summed E-state index contributed by atoms with van der Waals surface area (Å²) >= 11 is 0. The van der Waals surface area contributed by atoms with Crippen LogP contribution < -0.4 is 5.32 Å². The summed E-state index contributed by atoms with van der Waals surface area (Å²) in [5.74, 6) is 5.59. The first-order chi connectivity index (χ1) is 9.27. The monoisotopic (exact) mass is 261 g/mol. The van der Waals surface area contributed by atoms with Gasteiger partial charge in [-0.2, -0.15) is 0 Å². The van der Waals surface area contributed by atoms with Crippen LogP contribution in [0.4, 0.5) is 0 Å². The summed E-state index contributed by atoms with van der Waals surface area (Å²) in [7, 11) is 0. The van der Waals surface area contributed by atoms with Crippen molar-refractivity contribution in [2.75, 3.05) is 26.4 Å². The molecule has 0 aliphatic rings. The highest BCUT2D eigenvalue weighted by atomic mass is 16.5. The number of nitrogens with one attached hydrogen (secondary N) is 1. The van der Waals surface area contributed by atoms with E-state index in [0.717, 1.165) is 5.56 Å². The van der Waals surface area contributed by atoms with E-state index in [4.69, 9.17) is 9.84 Å². The molecule has 102 valence electrons. The minimum absolute atomic E-state index is 0.0462. The molecule has 0 aliphatic heterocycles. The minimum atomic E-state index is -0.134. The summed E-state index contributed by atoms with van der Waals surface area (Å²) < 4.78 is 5.15. The number of hydrogen-bond donors (Lipinski definition) is 2. The molecular formula is C15H19NO3. The summed E-state index contributed by atoms with van der Waals surface area (Å²) in [5.41, 5.74) is 1.35. The Morgan fingerprint density at radius 3 is 3.05 bits per heavy atom. The third-order valence-corrected chi connectivity index (χ3v) is 2.33. The third kappa shape index (κ3) is 6.05. The molecule has 0 heterocycles. The van der Waals surface area contributed by atoms with Crippen LogP contribution in [0.2, 0.25) is 0 Å². The van der Waals surface area contributed by atoms with Crippen molar-refractivity contribution >= 4 is 5.91 Å². The van der Waals surface area contributed by atoms with Gasteiger partial charge in [0.15, 0.2) is 0 Å². The van der Waals surface area contributed by atoms with Crippen molar-refractivity contribution < 1.29 is 14.6 Å². The lowest BCUT2D eigenvalue weighted by atomic mass is 10.1. The lowest BCUT2D eigenvalue weighted by Crippen LogP contribution is -2.27. The number of carbonyl (C=O) groups excluding carboxylic acids is 1. The molecule has 0 bridgehead atoms. The van der Waals surface area contributed by atoms with Gasteiger partial charge in [0.1, 0.15) is 0 Å². The van der Waals surface area contributed by atoms with E-state index < -0.39 is 0 Å². The molecule has 0 aliphatic carbocycles. The van der Waals surface area contributed by atoms with Crippen molar-refractivity contribution in [1.82, 2.24) is 5.32 Å². The van der Waals surface area contributed by atoms with E-state index in [1.165, 1.54) is 0 Å². The van der Waals surface area contributed by atoms with Gasteiger partial charge in [-0.3, -0.25) is 4.79 Å². The van der Waals surface area contributed by atoms with Gasteiger partial charge in [-0.25, -0.2) is 0 Å². The average Bonchev–Trinajstić information content (AvgIpc) is 2.44. The van der Waals surface area contributed by atoms with E-state index >= 15 is 0 Å². The Balaban J connectivity index is 2.56. The molecule has 1 aromatic rings. The van der Waals surface area contributed by atoms with Crippen LogP contribution in [0.5, 0.6) is 0 Å². The fourth-order valence-electron chi connectivity index (χ4n) is 1.44. The smallest absolute Gasteiger partial charge is 0.251 e. The van der Waals surface area contributed by atoms with E-state index in [0.29, 0.717) is 31.7 Å². The summed E-state index contributed by atoms with van der Waals surface area (Å²) in [6.45, 7) is 3.61. The van der Waals surface area contributed by atoms with E-state index in [1.807, 2.05) is 13.0 Å². The number of benzene rings is 1. The topological polar surface area (TPSA) is 58.6 Å². The van der Waals surface area contributed by atoms with Gasteiger partial charge in [0.2, 0.25) is 0 Å². The van der Waals surface area contributed by atoms with Crippen LogP contribution >= 0.6 is 0 Å².